The molecule has 0 aromatic heterocycles. The third-order valence-electron chi connectivity index (χ3n) is 4.66. The van der Waals surface area contributed by atoms with E-state index in [9.17, 15) is 9.59 Å². The largest absolute Gasteiger partial charge is 0.497 e. The van der Waals surface area contributed by atoms with Crippen LogP contribution in [0.2, 0.25) is 0 Å². The minimum Gasteiger partial charge on any atom is -0.497 e. The minimum absolute atomic E-state index is 0.0351. The van der Waals surface area contributed by atoms with Crippen LogP contribution in [0.4, 0.5) is 5.69 Å². The number of nitrogens with zero attached hydrogens (tertiary/aromatic N) is 1. The normalized spacial score (nSPS) is 13.9. The van der Waals surface area contributed by atoms with Crippen LogP contribution in [0.3, 0.4) is 0 Å². The van der Waals surface area contributed by atoms with Gasteiger partial charge in [-0.25, -0.2) is 0 Å². The number of piperazine rings is 1. The van der Waals surface area contributed by atoms with Crippen LogP contribution >= 0.6 is 0 Å². The van der Waals surface area contributed by atoms with Gasteiger partial charge >= 0.3 is 0 Å². The lowest BCUT2D eigenvalue weighted by Gasteiger charge is -2.28. The molecule has 2 amide bonds. The zero-order valence-corrected chi connectivity index (χ0v) is 16.6. The highest BCUT2D eigenvalue weighted by molar-refractivity contribution is 5.92. The molecule has 3 rings (SSSR count). The molecule has 0 bridgehead atoms. The van der Waals surface area contributed by atoms with E-state index >= 15 is 0 Å². The number of hydrogen-bond acceptors (Lipinski definition) is 5. The van der Waals surface area contributed by atoms with Crippen LogP contribution in [0.15, 0.2) is 48.5 Å². The predicted molar refractivity (Wildman–Crippen MR) is 112 cm³/mol. The van der Waals surface area contributed by atoms with E-state index in [1.165, 1.54) is 6.08 Å². The summed E-state index contributed by atoms with van der Waals surface area (Å²) < 4.78 is 10.5. The topological polar surface area (TPSA) is 79.9 Å². The zero-order valence-electron chi connectivity index (χ0n) is 16.6. The van der Waals surface area contributed by atoms with Crippen molar-refractivity contribution >= 4 is 23.6 Å². The van der Waals surface area contributed by atoms with Gasteiger partial charge in [0.05, 0.1) is 20.8 Å². The summed E-state index contributed by atoms with van der Waals surface area (Å²) in [6.07, 6.45) is 3.18. The molecule has 1 aliphatic rings. The lowest BCUT2D eigenvalue weighted by atomic mass is 10.1. The molecule has 29 heavy (non-hydrogen) atoms. The van der Waals surface area contributed by atoms with Crippen molar-refractivity contribution in [1.29, 1.82) is 0 Å². The molecule has 0 atom stereocenters. The molecular formula is C22H25N3O4. The van der Waals surface area contributed by atoms with Crippen molar-refractivity contribution < 1.29 is 19.1 Å². The fraction of sp³-hybridized carbons (Fsp3) is 0.273. The smallest absolute Gasteiger partial charge is 0.244 e. The predicted octanol–water partition coefficient (Wildman–Crippen LogP) is 1.97. The molecule has 0 saturated carbocycles. The first-order valence-electron chi connectivity index (χ1n) is 9.37. The van der Waals surface area contributed by atoms with E-state index in [-0.39, 0.29) is 11.8 Å². The molecule has 2 aromatic rings. The fourth-order valence-corrected chi connectivity index (χ4v) is 3.05. The number of benzene rings is 2. The Morgan fingerprint density at radius 3 is 2.66 bits per heavy atom. The van der Waals surface area contributed by atoms with Gasteiger partial charge in [-0.3, -0.25) is 9.59 Å². The number of amides is 2. The second-order valence-corrected chi connectivity index (χ2v) is 6.60. The molecule has 7 nitrogen and oxygen atoms in total. The van der Waals surface area contributed by atoms with E-state index in [0.29, 0.717) is 31.1 Å². The van der Waals surface area contributed by atoms with Crippen molar-refractivity contribution in [3.8, 4) is 11.5 Å². The molecule has 0 radical (unpaired) electrons. The Balaban J connectivity index is 1.54. The average molecular weight is 395 g/mol. The summed E-state index contributed by atoms with van der Waals surface area (Å²) in [6, 6.07) is 13.3. The molecule has 152 valence electrons. The van der Waals surface area contributed by atoms with Crippen LogP contribution in [0.1, 0.15) is 11.1 Å². The molecule has 1 saturated heterocycles. The zero-order chi connectivity index (χ0) is 20.6. The summed E-state index contributed by atoms with van der Waals surface area (Å²) in [6.45, 7) is 2.24. The Morgan fingerprint density at radius 1 is 1.17 bits per heavy atom. The van der Waals surface area contributed by atoms with Gasteiger partial charge in [0, 0.05) is 43.0 Å². The van der Waals surface area contributed by atoms with E-state index < -0.39 is 0 Å². The molecule has 2 aromatic carbocycles. The van der Waals surface area contributed by atoms with Crippen LogP contribution in [0, 0.1) is 0 Å². The molecule has 0 aliphatic carbocycles. The summed E-state index contributed by atoms with van der Waals surface area (Å²) >= 11 is 0. The Labute approximate surface area is 170 Å². The first kappa shape index (κ1) is 20.3. The van der Waals surface area contributed by atoms with Crippen molar-refractivity contribution in [3.05, 3.63) is 59.7 Å². The second-order valence-electron chi connectivity index (χ2n) is 6.60. The summed E-state index contributed by atoms with van der Waals surface area (Å²) in [7, 11) is 3.17. The van der Waals surface area contributed by atoms with Crippen molar-refractivity contribution in [2.24, 2.45) is 0 Å². The maximum absolute atomic E-state index is 12.1. The highest BCUT2D eigenvalue weighted by Gasteiger charge is 2.16. The van der Waals surface area contributed by atoms with Crippen molar-refractivity contribution in [1.82, 2.24) is 10.6 Å². The molecule has 1 aliphatic heterocycles. The Hall–Kier alpha value is -3.48. The second kappa shape index (κ2) is 9.64. The van der Waals surface area contributed by atoms with Gasteiger partial charge in [0.1, 0.15) is 11.5 Å². The number of nitrogens with one attached hydrogen (secondary N) is 2. The molecule has 2 N–H and O–H groups in total. The van der Waals surface area contributed by atoms with Gasteiger partial charge in [0.25, 0.3) is 0 Å². The maximum Gasteiger partial charge on any atom is 0.244 e. The van der Waals surface area contributed by atoms with Crippen molar-refractivity contribution in [3.63, 3.8) is 0 Å². The highest BCUT2D eigenvalue weighted by atomic mass is 16.5. The van der Waals surface area contributed by atoms with E-state index in [1.54, 1.807) is 26.4 Å². The SMILES string of the molecule is COc1ccc(/C=C/C(=O)NCc2ccc(N3CCNC(=O)C3)cc2)c(OC)c1. The molecule has 0 unspecified atom stereocenters. The van der Waals surface area contributed by atoms with Crippen LogP contribution in [-0.4, -0.2) is 45.7 Å². The quantitative estimate of drug-likeness (QED) is 0.701. The number of ether oxygens (including phenoxy) is 2. The van der Waals surface area contributed by atoms with Gasteiger partial charge in [-0.15, -0.1) is 0 Å². The van der Waals surface area contributed by atoms with Crippen LogP contribution in [0.5, 0.6) is 11.5 Å². The monoisotopic (exact) mass is 395 g/mol. The lowest BCUT2D eigenvalue weighted by Crippen LogP contribution is -2.47. The van der Waals surface area contributed by atoms with E-state index in [2.05, 4.69) is 10.6 Å². The number of hydrogen-bond donors (Lipinski definition) is 2. The number of anilines is 1. The van der Waals surface area contributed by atoms with Crippen LogP contribution in [0.25, 0.3) is 6.08 Å². The Morgan fingerprint density at radius 2 is 1.97 bits per heavy atom. The Bertz CT molecular complexity index is 893. The van der Waals surface area contributed by atoms with E-state index in [4.69, 9.17) is 9.47 Å². The minimum atomic E-state index is -0.195. The van der Waals surface area contributed by atoms with E-state index in [1.807, 2.05) is 41.3 Å². The number of methoxy groups -OCH3 is 2. The summed E-state index contributed by atoms with van der Waals surface area (Å²) in [5, 5.41) is 5.68. The summed E-state index contributed by atoms with van der Waals surface area (Å²) in [5.41, 5.74) is 2.78. The molecule has 0 spiro atoms. The van der Waals surface area contributed by atoms with Gasteiger partial charge in [-0.2, -0.15) is 0 Å². The fourth-order valence-electron chi connectivity index (χ4n) is 3.05. The van der Waals surface area contributed by atoms with Gasteiger partial charge in [-0.1, -0.05) is 12.1 Å². The van der Waals surface area contributed by atoms with Gasteiger partial charge < -0.3 is 25.0 Å². The third kappa shape index (κ3) is 5.51. The molecular weight excluding hydrogens is 370 g/mol. The highest BCUT2D eigenvalue weighted by Crippen LogP contribution is 2.25. The van der Waals surface area contributed by atoms with Crippen LogP contribution in [-0.2, 0) is 16.1 Å². The van der Waals surface area contributed by atoms with Gasteiger partial charge in [0.15, 0.2) is 0 Å². The number of carbonyl (C=O) groups is 2. The van der Waals surface area contributed by atoms with Crippen molar-refractivity contribution in [2.75, 3.05) is 38.8 Å². The number of carbonyl (C=O) groups excluding carboxylic acids is 2. The maximum atomic E-state index is 12.1. The summed E-state index contributed by atoms with van der Waals surface area (Å²) in [4.78, 5) is 25.7. The number of rotatable bonds is 7. The van der Waals surface area contributed by atoms with Crippen molar-refractivity contribution in [2.45, 2.75) is 6.54 Å². The lowest BCUT2D eigenvalue weighted by molar-refractivity contribution is -0.120. The third-order valence-corrected chi connectivity index (χ3v) is 4.66. The first-order valence-corrected chi connectivity index (χ1v) is 9.37. The van der Waals surface area contributed by atoms with E-state index in [0.717, 1.165) is 23.4 Å². The standard InChI is InChI=1S/C22H25N3O4/c1-28-19-9-5-17(20(13-19)29-2)6-10-21(26)24-14-16-3-7-18(8-4-16)25-12-11-23-22(27)15-25/h3-10,13H,11-12,14-15H2,1-2H3,(H,23,27)(H,24,26)/b10-6+. The Kier molecular flexibility index (Phi) is 6.73. The first-order chi connectivity index (χ1) is 14.1. The molecule has 1 fully saturated rings. The summed E-state index contributed by atoms with van der Waals surface area (Å²) in [5.74, 6) is 1.17. The van der Waals surface area contributed by atoms with Gasteiger partial charge in [-0.05, 0) is 35.9 Å². The average Bonchev–Trinajstić information content (AvgIpc) is 2.76. The van der Waals surface area contributed by atoms with Crippen LogP contribution < -0.4 is 25.0 Å². The van der Waals surface area contributed by atoms with Gasteiger partial charge in [0.2, 0.25) is 11.8 Å². The molecule has 7 heteroatoms. The molecule has 1 heterocycles.